The Morgan fingerprint density at radius 2 is 1.79 bits per heavy atom. The first-order valence-electron chi connectivity index (χ1n) is 6.88. The molecule has 0 amide bonds. The van der Waals surface area contributed by atoms with Crippen LogP contribution in [0.5, 0.6) is 0 Å². The maximum atomic E-state index is 13.7. The molecular formula is C15H19BrF2O. The summed E-state index contributed by atoms with van der Waals surface area (Å²) in [6.45, 7) is 0.610. The third kappa shape index (κ3) is 4.25. The third-order valence-electron chi connectivity index (χ3n) is 3.71. The lowest BCUT2D eigenvalue weighted by molar-refractivity contribution is 0.0781. The average molecular weight is 333 g/mol. The van der Waals surface area contributed by atoms with Crippen molar-refractivity contribution >= 4 is 15.9 Å². The van der Waals surface area contributed by atoms with Crippen LogP contribution in [0.2, 0.25) is 0 Å². The van der Waals surface area contributed by atoms with Gasteiger partial charge < -0.3 is 4.74 Å². The van der Waals surface area contributed by atoms with Crippen LogP contribution in [-0.2, 0) is 11.3 Å². The molecule has 1 fully saturated rings. The Morgan fingerprint density at radius 3 is 2.47 bits per heavy atom. The minimum Gasteiger partial charge on any atom is -0.376 e. The zero-order valence-electron chi connectivity index (χ0n) is 10.9. The number of hydrogen-bond donors (Lipinski definition) is 0. The highest BCUT2D eigenvalue weighted by molar-refractivity contribution is 9.10. The highest BCUT2D eigenvalue weighted by Gasteiger charge is 2.15. The first kappa shape index (κ1) is 14.9. The van der Waals surface area contributed by atoms with E-state index in [0.29, 0.717) is 12.5 Å². The van der Waals surface area contributed by atoms with E-state index in [9.17, 15) is 8.78 Å². The monoisotopic (exact) mass is 332 g/mol. The minimum absolute atomic E-state index is 0.00755. The summed E-state index contributed by atoms with van der Waals surface area (Å²) in [6, 6.07) is 2.64. The van der Waals surface area contributed by atoms with E-state index in [1.807, 2.05) is 0 Å². The van der Waals surface area contributed by atoms with Gasteiger partial charge in [0.1, 0.15) is 11.6 Å². The van der Waals surface area contributed by atoms with Crippen molar-refractivity contribution in [3.8, 4) is 0 Å². The van der Waals surface area contributed by atoms with Crippen molar-refractivity contribution in [1.29, 1.82) is 0 Å². The van der Waals surface area contributed by atoms with Crippen molar-refractivity contribution in [3.63, 3.8) is 0 Å². The second-order valence-electron chi connectivity index (χ2n) is 5.19. The molecule has 0 saturated heterocycles. The first-order chi connectivity index (χ1) is 9.18. The summed E-state index contributed by atoms with van der Waals surface area (Å²) < 4.78 is 33.1. The van der Waals surface area contributed by atoms with Crippen LogP contribution in [0.4, 0.5) is 8.78 Å². The molecule has 4 heteroatoms. The molecule has 19 heavy (non-hydrogen) atoms. The predicted octanol–water partition coefficient (Wildman–Crippen LogP) is 5.21. The van der Waals surface area contributed by atoms with Gasteiger partial charge in [0.2, 0.25) is 0 Å². The van der Waals surface area contributed by atoms with Crippen molar-refractivity contribution in [2.45, 2.75) is 45.1 Å². The Balaban J connectivity index is 1.87. The summed E-state index contributed by atoms with van der Waals surface area (Å²) in [5.41, 5.74) is 0.0167. The summed E-state index contributed by atoms with van der Waals surface area (Å²) >= 11 is 3.06. The fourth-order valence-electron chi connectivity index (χ4n) is 2.56. The number of ether oxygens (including phenoxy) is 1. The maximum Gasteiger partial charge on any atom is 0.145 e. The van der Waals surface area contributed by atoms with Crippen molar-refractivity contribution in [1.82, 2.24) is 0 Å². The van der Waals surface area contributed by atoms with E-state index in [4.69, 9.17) is 4.74 Å². The van der Waals surface area contributed by atoms with Crippen LogP contribution in [0.3, 0.4) is 0 Å². The lowest BCUT2D eigenvalue weighted by atomic mass is 10.0. The van der Waals surface area contributed by atoms with E-state index in [-0.39, 0.29) is 16.6 Å². The van der Waals surface area contributed by atoms with Gasteiger partial charge in [0, 0.05) is 6.61 Å². The molecule has 0 atom stereocenters. The van der Waals surface area contributed by atoms with Crippen molar-refractivity contribution < 1.29 is 13.5 Å². The second-order valence-corrected chi connectivity index (χ2v) is 6.05. The van der Waals surface area contributed by atoms with E-state index >= 15 is 0 Å². The molecule has 1 saturated carbocycles. The Bertz CT molecular complexity index is 415. The SMILES string of the molecule is Fc1ccc(Br)c(F)c1COCC1CCCCCC1. The molecule has 1 aromatic rings. The number of halogens is 3. The molecule has 0 aromatic heterocycles. The summed E-state index contributed by atoms with van der Waals surface area (Å²) in [6.07, 6.45) is 7.42. The van der Waals surface area contributed by atoms with Crippen LogP contribution in [0.1, 0.15) is 44.1 Å². The third-order valence-corrected chi connectivity index (χ3v) is 4.33. The Morgan fingerprint density at radius 1 is 1.11 bits per heavy atom. The molecule has 1 nitrogen and oxygen atoms in total. The largest absolute Gasteiger partial charge is 0.376 e. The second kappa shape index (κ2) is 7.34. The smallest absolute Gasteiger partial charge is 0.145 e. The normalized spacial score (nSPS) is 17.4. The summed E-state index contributed by atoms with van der Waals surface area (Å²) in [5, 5.41) is 0. The van der Waals surface area contributed by atoms with E-state index in [0.717, 1.165) is 0 Å². The van der Waals surface area contributed by atoms with Gasteiger partial charge in [-0.2, -0.15) is 0 Å². The van der Waals surface area contributed by atoms with Crippen LogP contribution in [0, 0.1) is 17.6 Å². The molecule has 106 valence electrons. The van der Waals surface area contributed by atoms with Gasteiger partial charge >= 0.3 is 0 Å². The molecule has 1 aromatic carbocycles. The average Bonchev–Trinajstić information content (AvgIpc) is 2.67. The van der Waals surface area contributed by atoms with Gasteiger partial charge in [-0.1, -0.05) is 25.7 Å². The van der Waals surface area contributed by atoms with Gasteiger partial charge in [0.25, 0.3) is 0 Å². The molecular weight excluding hydrogens is 314 g/mol. The van der Waals surface area contributed by atoms with Crippen LogP contribution >= 0.6 is 15.9 Å². The van der Waals surface area contributed by atoms with Crippen LogP contribution < -0.4 is 0 Å². The molecule has 1 aliphatic rings. The van der Waals surface area contributed by atoms with Crippen molar-refractivity contribution in [2.24, 2.45) is 5.92 Å². The fourth-order valence-corrected chi connectivity index (χ4v) is 2.93. The van der Waals surface area contributed by atoms with Crippen molar-refractivity contribution in [3.05, 3.63) is 33.8 Å². The minimum atomic E-state index is -0.555. The van der Waals surface area contributed by atoms with E-state index in [2.05, 4.69) is 15.9 Å². The Kier molecular flexibility index (Phi) is 5.76. The van der Waals surface area contributed by atoms with Crippen LogP contribution in [0.25, 0.3) is 0 Å². The summed E-state index contributed by atoms with van der Waals surface area (Å²) in [4.78, 5) is 0. The predicted molar refractivity (Wildman–Crippen MR) is 74.9 cm³/mol. The lowest BCUT2D eigenvalue weighted by Gasteiger charge is -2.14. The van der Waals surface area contributed by atoms with Gasteiger partial charge in [-0.25, -0.2) is 8.78 Å². The molecule has 1 aliphatic carbocycles. The van der Waals surface area contributed by atoms with Gasteiger partial charge in [0.15, 0.2) is 0 Å². The molecule has 0 spiro atoms. The van der Waals surface area contributed by atoms with Gasteiger partial charge in [-0.15, -0.1) is 0 Å². The highest BCUT2D eigenvalue weighted by Crippen LogP contribution is 2.25. The van der Waals surface area contributed by atoms with Gasteiger partial charge in [-0.05, 0) is 46.8 Å². The number of rotatable bonds is 4. The Hall–Kier alpha value is -0.480. The molecule has 2 rings (SSSR count). The first-order valence-corrected chi connectivity index (χ1v) is 7.68. The zero-order chi connectivity index (χ0) is 13.7. The topological polar surface area (TPSA) is 9.23 Å². The Labute approximate surface area is 121 Å². The van der Waals surface area contributed by atoms with Crippen LogP contribution in [0.15, 0.2) is 16.6 Å². The quantitative estimate of drug-likeness (QED) is 0.543. The zero-order valence-corrected chi connectivity index (χ0v) is 12.5. The summed E-state index contributed by atoms with van der Waals surface area (Å²) in [7, 11) is 0. The van der Waals surface area contributed by atoms with Gasteiger partial charge in [0.05, 0.1) is 16.6 Å². The standard InChI is InChI=1S/C15H19BrF2O/c16-13-7-8-14(17)12(15(13)18)10-19-9-11-5-3-1-2-4-6-11/h7-8,11H,1-6,9-10H2. The molecule has 0 heterocycles. The fraction of sp³-hybridized carbons (Fsp3) is 0.600. The maximum absolute atomic E-state index is 13.7. The van der Waals surface area contributed by atoms with Crippen molar-refractivity contribution in [2.75, 3.05) is 6.61 Å². The lowest BCUT2D eigenvalue weighted by Crippen LogP contribution is -2.10. The van der Waals surface area contributed by atoms with Gasteiger partial charge in [-0.3, -0.25) is 0 Å². The van der Waals surface area contributed by atoms with E-state index < -0.39 is 11.6 Å². The molecule has 0 radical (unpaired) electrons. The number of benzene rings is 1. The molecule has 0 bridgehead atoms. The van der Waals surface area contributed by atoms with Crippen LogP contribution in [-0.4, -0.2) is 6.61 Å². The molecule has 0 N–H and O–H groups in total. The summed E-state index contributed by atoms with van der Waals surface area (Å²) in [5.74, 6) is -0.553. The number of hydrogen-bond acceptors (Lipinski definition) is 1. The van der Waals surface area contributed by atoms with E-state index in [1.165, 1.54) is 50.7 Å². The molecule has 0 aliphatic heterocycles. The highest BCUT2D eigenvalue weighted by atomic mass is 79.9. The van der Waals surface area contributed by atoms with E-state index in [1.54, 1.807) is 0 Å². The molecule has 0 unspecified atom stereocenters.